The number of carbonyl (C=O) groups excluding carboxylic acids is 3. The van der Waals surface area contributed by atoms with Gasteiger partial charge >= 0.3 is 0 Å². The third-order valence-corrected chi connectivity index (χ3v) is 5.10. The summed E-state index contributed by atoms with van der Waals surface area (Å²) >= 11 is 1.01. The summed E-state index contributed by atoms with van der Waals surface area (Å²) in [5.41, 5.74) is 0.365. The van der Waals surface area contributed by atoms with Crippen molar-refractivity contribution in [2.45, 2.75) is 37.8 Å². The van der Waals surface area contributed by atoms with Crippen molar-refractivity contribution in [3.05, 3.63) is 35.6 Å². The number of hydrogen-bond acceptors (Lipinski definition) is 4. The van der Waals surface area contributed by atoms with Crippen molar-refractivity contribution in [1.29, 1.82) is 0 Å². The minimum Gasteiger partial charge on any atom is -0.347 e. The molecule has 2 unspecified atom stereocenters. The van der Waals surface area contributed by atoms with E-state index in [1.54, 1.807) is 0 Å². The predicted molar refractivity (Wildman–Crippen MR) is 84.6 cm³/mol. The van der Waals surface area contributed by atoms with Crippen LogP contribution in [-0.2, 0) is 4.79 Å². The Morgan fingerprint density at radius 1 is 1.17 bits per heavy atom. The van der Waals surface area contributed by atoms with Gasteiger partial charge in [-0.3, -0.25) is 19.3 Å². The Hall–Kier alpha value is -1.89. The topological polar surface area (TPSA) is 66.5 Å². The maximum atomic E-state index is 12.9. The van der Waals surface area contributed by atoms with Crippen LogP contribution in [0.2, 0.25) is 0 Å². The maximum absolute atomic E-state index is 12.9. The Morgan fingerprint density at radius 3 is 2.52 bits per heavy atom. The molecule has 23 heavy (non-hydrogen) atoms. The molecule has 0 radical (unpaired) electrons. The van der Waals surface area contributed by atoms with Gasteiger partial charge in [-0.1, -0.05) is 24.6 Å². The smallest absolute Gasteiger partial charge is 0.289 e. The third-order valence-electron chi connectivity index (χ3n) is 4.27. The van der Waals surface area contributed by atoms with E-state index in [-0.39, 0.29) is 34.9 Å². The van der Waals surface area contributed by atoms with Crippen molar-refractivity contribution in [2.24, 2.45) is 0 Å². The molecule has 1 aromatic carbocycles. The predicted octanol–water partition coefficient (Wildman–Crippen LogP) is 2.56. The van der Waals surface area contributed by atoms with Crippen LogP contribution >= 0.6 is 11.8 Å². The minimum atomic E-state index is -0.401. The second-order valence-corrected chi connectivity index (χ2v) is 6.68. The minimum absolute atomic E-state index is 0.175. The molecule has 1 aliphatic carbocycles. The van der Waals surface area contributed by atoms with Gasteiger partial charge in [0.1, 0.15) is 5.82 Å². The number of hydrogen-bond donors (Lipinski definition) is 1. The molecule has 2 atom stereocenters. The van der Waals surface area contributed by atoms with Gasteiger partial charge in [-0.05, 0) is 37.1 Å². The number of carbonyl (C=O) groups is 3. The van der Waals surface area contributed by atoms with Crippen LogP contribution in [-0.4, -0.2) is 39.8 Å². The summed E-state index contributed by atoms with van der Waals surface area (Å²) in [7, 11) is 0. The van der Waals surface area contributed by atoms with Crippen molar-refractivity contribution in [3.8, 4) is 0 Å². The van der Waals surface area contributed by atoms with E-state index in [0.717, 1.165) is 31.0 Å². The Balaban J connectivity index is 1.74. The quantitative estimate of drug-likeness (QED) is 0.921. The monoisotopic (exact) mass is 336 g/mol. The molecule has 3 amide bonds. The molecule has 1 saturated heterocycles. The van der Waals surface area contributed by atoms with E-state index in [2.05, 4.69) is 5.32 Å². The largest absolute Gasteiger partial charge is 0.347 e. The summed E-state index contributed by atoms with van der Waals surface area (Å²) in [6.07, 6.45) is 3.29. The van der Waals surface area contributed by atoms with Crippen molar-refractivity contribution in [1.82, 2.24) is 10.2 Å². The van der Waals surface area contributed by atoms with Crippen molar-refractivity contribution >= 4 is 28.8 Å². The zero-order valence-electron chi connectivity index (χ0n) is 12.5. The van der Waals surface area contributed by atoms with Gasteiger partial charge in [-0.15, -0.1) is 0 Å². The number of rotatable bonds is 3. The highest BCUT2D eigenvalue weighted by Gasteiger charge is 2.41. The number of nitrogens with zero attached hydrogens (tertiary/aromatic N) is 1. The molecule has 2 fully saturated rings. The first-order valence-corrected chi connectivity index (χ1v) is 8.60. The lowest BCUT2D eigenvalue weighted by Crippen LogP contribution is -2.54. The highest BCUT2D eigenvalue weighted by Crippen LogP contribution is 2.30. The second kappa shape index (κ2) is 6.70. The number of imide groups is 1. The molecule has 0 aromatic heterocycles. The lowest BCUT2D eigenvalue weighted by Gasteiger charge is -2.36. The highest BCUT2D eigenvalue weighted by molar-refractivity contribution is 8.14. The van der Waals surface area contributed by atoms with Crippen molar-refractivity contribution < 1.29 is 18.8 Å². The molecular weight excluding hydrogens is 319 g/mol. The van der Waals surface area contributed by atoms with E-state index in [4.69, 9.17) is 0 Å². The van der Waals surface area contributed by atoms with Crippen LogP contribution < -0.4 is 5.32 Å². The fourth-order valence-electron chi connectivity index (χ4n) is 3.13. The fourth-order valence-corrected chi connectivity index (χ4v) is 3.89. The fraction of sp³-hybridized carbons (Fsp3) is 0.438. The Bertz CT molecular complexity index is 619. The molecule has 0 bridgehead atoms. The number of thioether (sulfide) groups is 1. The van der Waals surface area contributed by atoms with E-state index in [1.165, 1.54) is 29.2 Å². The maximum Gasteiger partial charge on any atom is 0.289 e. The van der Waals surface area contributed by atoms with Gasteiger partial charge in [0.25, 0.3) is 11.1 Å². The van der Waals surface area contributed by atoms with Crippen molar-refractivity contribution in [2.75, 3.05) is 5.75 Å². The molecule has 1 aromatic rings. The van der Waals surface area contributed by atoms with E-state index >= 15 is 0 Å². The second-order valence-electron chi connectivity index (χ2n) is 5.76. The van der Waals surface area contributed by atoms with Crippen LogP contribution in [0, 0.1) is 5.82 Å². The van der Waals surface area contributed by atoms with Gasteiger partial charge in [0.15, 0.2) is 0 Å². The molecule has 122 valence electrons. The summed E-state index contributed by atoms with van der Waals surface area (Å²) in [6.45, 7) is 0. The molecule has 1 heterocycles. The van der Waals surface area contributed by atoms with E-state index in [1.807, 2.05) is 0 Å². The van der Waals surface area contributed by atoms with E-state index < -0.39 is 5.82 Å². The number of nitrogens with one attached hydrogen (secondary N) is 1. The van der Waals surface area contributed by atoms with Crippen LogP contribution in [0.4, 0.5) is 9.18 Å². The summed E-state index contributed by atoms with van der Waals surface area (Å²) in [6, 6.07) is 4.76. The molecule has 1 saturated carbocycles. The normalized spacial score (nSPS) is 24.8. The van der Waals surface area contributed by atoms with Crippen LogP contribution in [0.1, 0.15) is 36.0 Å². The number of benzene rings is 1. The highest BCUT2D eigenvalue weighted by atomic mass is 32.2. The molecule has 7 heteroatoms. The zero-order chi connectivity index (χ0) is 16.4. The van der Waals surface area contributed by atoms with E-state index in [9.17, 15) is 18.8 Å². The first kappa shape index (κ1) is 16.0. The van der Waals surface area contributed by atoms with Gasteiger partial charge in [0, 0.05) is 5.56 Å². The standard InChI is InChI=1S/C16H17FN2O3S/c17-11-7-5-10(6-8-11)15(21)18-12-3-1-2-4-13(12)19-14(20)9-23-16(19)22/h5-8,12-13H,1-4,9H2,(H,18,21). The van der Waals surface area contributed by atoms with Crippen LogP contribution in [0.5, 0.6) is 0 Å². The average molecular weight is 336 g/mol. The zero-order valence-corrected chi connectivity index (χ0v) is 13.3. The number of halogens is 1. The average Bonchev–Trinajstić information content (AvgIpc) is 2.87. The van der Waals surface area contributed by atoms with E-state index in [0.29, 0.717) is 12.0 Å². The summed E-state index contributed by atoms with van der Waals surface area (Å²) in [4.78, 5) is 37.5. The lowest BCUT2D eigenvalue weighted by molar-refractivity contribution is -0.127. The Labute approximate surface area is 137 Å². The van der Waals surface area contributed by atoms with Gasteiger partial charge in [-0.25, -0.2) is 4.39 Å². The van der Waals surface area contributed by atoms with Gasteiger partial charge in [-0.2, -0.15) is 0 Å². The first-order valence-electron chi connectivity index (χ1n) is 7.61. The first-order chi connectivity index (χ1) is 11.1. The molecule has 3 rings (SSSR count). The van der Waals surface area contributed by atoms with Gasteiger partial charge in [0.05, 0.1) is 17.8 Å². The molecule has 0 spiro atoms. The van der Waals surface area contributed by atoms with Gasteiger partial charge < -0.3 is 5.32 Å². The summed E-state index contributed by atoms with van der Waals surface area (Å²) in [5, 5.41) is 2.67. The molecule has 2 aliphatic rings. The van der Waals surface area contributed by atoms with Crippen LogP contribution in [0.25, 0.3) is 0 Å². The summed E-state index contributed by atoms with van der Waals surface area (Å²) < 4.78 is 12.9. The summed E-state index contributed by atoms with van der Waals surface area (Å²) in [5.74, 6) is -0.725. The Kier molecular flexibility index (Phi) is 4.66. The van der Waals surface area contributed by atoms with Gasteiger partial charge in [0.2, 0.25) is 5.91 Å². The van der Waals surface area contributed by atoms with Crippen LogP contribution in [0.3, 0.4) is 0 Å². The SMILES string of the molecule is O=C(NC1CCCCC1N1C(=O)CSC1=O)c1ccc(F)cc1. The molecule has 1 aliphatic heterocycles. The number of amides is 3. The lowest BCUT2D eigenvalue weighted by atomic mass is 9.89. The third kappa shape index (κ3) is 3.39. The molecule has 1 N–H and O–H groups in total. The van der Waals surface area contributed by atoms with Crippen molar-refractivity contribution in [3.63, 3.8) is 0 Å². The van der Waals surface area contributed by atoms with Crippen LogP contribution in [0.15, 0.2) is 24.3 Å². The molecular formula is C16H17FN2O3S. The Morgan fingerprint density at radius 2 is 1.87 bits per heavy atom. The molecule has 5 nitrogen and oxygen atoms in total.